The van der Waals surface area contributed by atoms with E-state index in [4.69, 9.17) is 34.8 Å². The molecule has 1 heterocycles. The van der Waals surface area contributed by atoms with Crippen molar-refractivity contribution in [3.05, 3.63) is 45.7 Å². The second-order valence-corrected chi connectivity index (χ2v) is 9.25. The third kappa shape index (κ3) is 6.14. The normalized spacial score (nSPS) is 14.7. The lowest BCUT2D eigenvalue weighted by Gasteiger charge is -2.21. The summed E-state index contributed by atoms with van der Waals surface area (Å²) in [7, 11) is 0. The maximum atomic E-state index is 12.4. The zero-order valence-corrected chi connectivity index (χ0v) is 19.0. The van der Waals surface area contributed by atoms with Gasteiger partial charge in [0.1, 0.15) is 5.82 Å². The third-order valence-electron chi connectivity index (χ3n) is 4.92. The highest BCUT2D eigenvalue weighted by Crippen LogP contribution is 2.32. The van der Waals surface area contributed by atoms with Gasteiger partial charge in [-0.2, -0.15) is 0 Å². The molecule has 0 atom stereocenters. The average molecular weight is 474 g/mol. The van der Waals surface area contributed by atoms with Crippen LogP contribution >= 0.6 is 46.6 Å². The van der Waals surface area contributed by atoms with Gasteiger partial charge < -0.3 is 9.88 Å². The van der Waals surface area contributed by atoms with E-state index in [9.17, 15) is 4.79 Å². The summed E-state index contributed by atoms with van der Waals surface area (Å²) in [5.41, 5.74) is 0.428. The van der Waals surface area contributed by atoms with Gasteiger partial charge in [0.2, 0.25) is 5.91 Å². The van der Waals surface area contributed by atoms with Crippen LogP contribution in [0.15, 0.2) is 29.9 Å². The summed E-state index contributed by atoms with van der Waals surface area (Å²) >= 11 is 19.4. The van der Waals surface area contributed by atoms with Crippen molar-refractivity contribution in [1.29, 1.82) is 0 Å². The first kappa shape index (κ1) is 22.5. The standard InChI is InChI=1S/C20H23Cl3N4OS/c1-2-8-27-18(9-13-6-4-3-5-7-13)25-26-20(27)29-12-19(28)24-17-11-15(22)14(21)10-16(17)23/h2,10-11,13H,1,3-9,12H2,(H,24,28). The number of nitrogens with zero attached hydrogens (tertiary/aromatic N) is 3. The van der Waals surface area contributed by atoms with Crippen molar-refractivity contribution in [1.82, 2.24) is 14.8 Å². The molecule has 1 aliphatic rings. The zero-order valence-electron chi connectivity index (χ0n) is 16.0. The highest BCUT2D eigenvalue weighted by molar-refractivity contribution is 7.99. The third-order valence-corrected chi connectivity index (χ3v) is 6.92. The molecule has 1 amide bonds. The number of hydrogen-bond donors (Lipinski definition) is 1. The van der Waals surface area contributed by atoms with Gasteiger partial charge in [-0.25, -0.2) is 0 Å². The monoisotopic (exact) mass is 472 g/mol. The molecule has 0 unspecified atom stereocenters. The first-order valence-corrected chi connectivity index (χ1v) is 11.7. The Balaban J connectivity index is 1.62. The van der Waals surface area contributed by atoms with E-state index in [2.05, 4.69) is 22.1 Å². The zero-order chi connectivity index (χ0) is 20.8. The molecule has 29 heavy (non-hydrogen) atoms. The lowest BCUT2D eigenvalue weighted by molar-refractivity contribution is -0.113. The molecular formula is C20H23Cl3N4OS. The van der Waals surface area contributed by atoms with Crippen LogP contribution in [0.25, 0.3) is 0 Å². The summed E-state index contributed by atoms with van der Waals surface area (Å²) < 4.78 is 2.05. The number of rotatable bonds is 8. The lowest BCUT2D eigenvalue weighted by atomic mass is 9.87. The molecule has 5 nitrogen and oxygen atoms in total. The van der Waals surface area contributed by atoms with E-state index < -0.39 is 0 Å². The fourth-order valence-corrected chi connectivity index (χ4v) is 4.83. The molecule has 0 spiro atoms. The van der Waals surface area contributed by atoms with Gasteiger partial charge in [0.15, 0.2) is 5.16 Å². The molecule has 1 fully saturated rings. The smallest absolute Gasteiger partial charge is 0.234 e. The van der Waals surface area contributed by atoms with Crippen molar-refractivity contribution in [2.24, 2.45) is 5.92 Å². The Morgan fingerprint density at radius 2 is 1.90 bits per heavy atom. The van der Waals surface area contributed by atoms with Crippen LogP contribution in [0.4, 0.5) is 5.69 Å². The Morgan fingerprint density at radius 1 is 1.17 bits per heavy atom. The largest absolute Gasteiger partial charge is 0.324 e. The molecule has 2 aromatic rings. The average Bonchev–Trinajstić information content (AvgIpc) is 3.07. The number of anilines is 1. The van der Waals surface area contributed by atoms with E-state index >= 15 is 0 Å². The molecule has 3 rings (SSSR count). The van der Waals surface area contributed by atoms with Crippen LogP contribution in [0.3, 0.4) is 0 Å². The minimum Gasteiger partial charge on any atom is -0.324 e. The van der Waals surface area contributed by atoms with Crippen molar-refractivity contribution in [2.75, 3.05) is 11.1 Å². The van der Waals surface area contributed by atoms with Gasteiger partial charge in [-0.05, 0) is 18.1 Å². The summed E-state index contributed by atoms with van der Waals surface area (Å²) in [6, 6.07) is 3.05. The molecule has 9 heteroatoms. The maximum Gasteiger partial charge on any atom is 0.234 e. The molecule has 0 radical (unpaired) electrons. The van der Waals surface area contributed by atoms with Crippen molar-refractivity contribution in [3.8, 4) is 0 Å². The number of amides is 1. The van der Waals surface area contributed by atoms with Crippen molar-refractivity contribution < 1.29 is 4.79 Å². The number of aromatic nitrogens is 3. The molecule has 1 aromatic heterocycles. The quantitative estimate of drug-likeness (QED) is 0.278. The predicted octanol–water partition coefficient (Wildman–Crippen LogP) is 6.28. The van der Waals surface area contributed by atoms with Crippen LogP contribution in [0, 0.1) is 5.92 Å². The van der Waals surface area contributed by atoms with Crippen LogP contribution in [0.5, 0.6) is 0 Å². The van der Waals surface area contributed by atoms with Crippen LogP contribution in [0.1, 0.15) is 37.9 Å². The Morgan fingerprint density at radius 3 is 2.62 bits per heavy atom. The minimum atomic E-state index is -0.211. The topological polar surface area (TPSA) is 59.8 Å². The van der Waals surface area contributed by atoms with Gasteiger partial charge in [-0.15, -0.1) is 16.8 Å². The number of thioether (sulfide) groups is 1. The SMILES string of the molecule is C=CCn1c(CC2CCCCC2)nnc1SCC(=O)Nc1cc(Cl)c(Cl)cc1Cl. The van der Waals surface area contributed by atoms with Gasteiger partial charge >= 0.3 is 0 Å². The number of carbonyl (C=O) groups is 1. The van der Waals surface area contributed by atoms with Crippen molar-refractivity contribution >= 4 is 58.2 Å². The number of carbonyl (C=O) groups excluding carboxylic acids is 1. The summed E-state index contributed by atoms with van der Waals surface area (Å²) in [6.45, 7) is 4.46. The molecule has 1 saturated carbocycles. The van der Waals surface area contributed by atoms with E-state index in [-0.39, 0.29) is 11.7 Å². The van der Waals surface area contributed by atoms with E-state index in [0.717, 1.165) is 12.2 Å². The molecule has 1 aromatic carbocycles. The van der Waals surface area contributed by atoms with Gasteiger partial charge in [-0.1, -0.05) is 84.7 Å². The van der Waals surface area contributed by atoms with E-state index in [0.29, 0.717) is 38.4 Å². The van der Waals surface area contributed by atoms with Crippen LogP contribution in [-0.4, -0.2) is 26.4 Å². The second kappa shape index (κ2) is 10.7. The van der Waals surface area contributed by atoms with E-state index in [1.165, 1.54) is 56.0 Å². The van der Waals surface area contributed by atoms with E-state index in [1.807, 2.05) is 10.6 Å². The summed E-state index contributed by atoms with van der Waals surface area (Å²) in [6.07, 6.45) is 9.15. The Labute approximate surface area is 190 Å². The van der Waals surface area contributed by atoms with Gasteiger partial charge in [-0.3, -0.25) is 4.79 Å². The fraction of sp³-hybridized carbons (Fsp3) is 0.450. The number of allylic oxidation sites excluding steroid dienone is 1. The number of nitrogens with one attached hydrogen (secondary N) is 1. The van der Waals surface area contributed by atoms with Crippen LogP contribution in [-0.2, 0) is 17.8 Å². The fourth-order valence-electron chi connectivity index (χ4n) is 3.47. The molecule has 156 valence electrons. The molecule has 0 bridgehead atoms. The first-order valence-electron chi connectivity index (χ1n) is 9.58. The highest BCUT2D eigenvalue weighted by atomic mass is 35.5. The maximum absolute atomic E-state index is 12.4. The molecule has 1 N–H and O–H groups in total. The van der Waals surface area contributed by atoms with Gasteiger partial charge in [0, 0.05) is 13.0 Å². The van der Waals surface area contributed by atoms with Crippen LogP contribution < -0.4 is 5.32 Å². The minimum absolute atomic E-state index is 0.176. The number of halogens is 3. The van der Waals surface area contributed by atoms with E-state index in [1.54, 1.807) is 0 Å². The summed E-state index contributed by atoms with van der Waals surface area (Å²) in [4.78, 5) is 12.4. The Hall–Kier alpha value is -1.21. The lowest BCUT2D eigenvalue weighted by Crippen LogP contribution is -2.16. The van der Waals surface area contributed by atoms with Gasteiger partial charge in [0.25, 0.3) is 0 Å². The van der Waals surface area contributed by atoms with Crippen molar-refractivity contribution in [2.45, 2.75) is 50.2 Å². The van der Waals surface area contributed by atoms with Gasteiger partial charge in [0.05, 0.1) is 26.5 Å². The van der Waals surface area contributed by atoms with Crippen LogP contribution in [0.2, 0.25) is 15.1 Å². The highest BCUT2D eigenvalue weighted by Gasteiger charge is 2.20. The molecule has 1 aliphatic carbocycles. The molecule has 0 aliphatic heterocycles. The Kier molecular flexibility index (Phi) is 8.30. The Bertz CT molecular complexity index is 881. The second-order valence-electron chi connectivity index (χ2n) is 7.09. The predicted molar refractivity (Wildman–Crippen MR) is 121 cm³/mol. The summed E-state index contributed by atoms with van der Waals surface area (Å²) in [5, 5.41) is 13.2. The molecule has 0 saturated heterocycles. The van der Waals surface area contributed by atoms with Crippen molar-refractivity contribution in [3.63, 3.8) is 0 Å². The molecular weight excluding hydrogens is 451 g/mol. The number of benzene rings is 1. The first-order chi connectivity index (χ1) is 14.0. The number of hydrogen-bond acceptors (Lipinski definition) is 4. The summed E-state index contributed by atoms with van der Waals surface area (Å²) in [5.74, 6) is 1.59.